The van der Waals surface area contributed by atoms with Crippen molar-refractivity contribution in [2.75, 3.05) is 0 Å². The molecule has 3 N–H and O–H groups in total. The fourth-order valence-electron chi connectivity index (χ4n) is 2.96. The lowest BCUT2D eigenvalue weighted by atomic mass is 9.89. The molecule has 0 radical (unpaired) electrons. The van der Waals surface area contributed by atoms with Crippen molar-refractivity contribution in [1.29, 1.82) is 0 Å². The zero-order valence-corrected chi connectivity index (χ0v) is 11.1. The standard InChI is InChI=1S/C17H19NO/c1-11-6-8-12(9-7-11)16(18)15-10-13-4-2-3-5-14(13)17(15)19/h2-9,15-17,19H,10,18H2,1H3. The number of aliphatic hydroxyl groups excluding tert-OH is 1. The zero-order chi connectivity index (χ0) is 13.4. The van der Waals surface area contributed by atoms with Crippen LogP contribution in [-0.4, -0.2) is 5.11 Å². The Kier molecular flexibility index (Phi) is 3.13. The number of fused-ring (bicyclic) bond motifs is 1. The SMILES string of the molecule is Cc1ccc(C(N)C2Cc3ccccc3C2O)cc1. The summed E-state index contributed by atoms with van der Waals surface area (Å²) in [5.41, 5.74) is 10.9. The van der Waals surface area contributed by atoms with E-state index < -0.39 is 6.10 Å². The minimum atomic E-state index is -0.451. The highest BCUT2D eigenvalue weighted by atomic mass is 16.3. The first kappa shape index (κ1) is 12.4. The summed E-state index contributed by atoms with van der Waals surface area (Å²) in [5, 5.41) is 10.4. The Hall–Kier alpha value is -1.64. The van der Waals surface area contributed by atoms with Gasteiger partial charge < -0.3 is 10.8 Å². The smallest absolute Gasteiger partial charge is 0.0842 e. The molecule has 1 aliphatic carbocycles. The van der Waals surface area contributed by atoms with Crippen LogP contribution < -0.4 is 5.73 Å². The van der Waals surface area contributed by atoms with Gasteiger partial charge in [0, 0.05) is 12.0 Å². The molecule has 0 heterocycles. The van der Waals surface area contributed by atoms with E-state index in [9.17, 15) is 5.11 Å². The van der Waals surface area contributed by atoms with E-state index >= 15 is 0 Å². The Morgan fingerprint density at radius 2 is 1.79 bits per heavy atom. The van der Waals surface area contributed by atoms with Crippen LogP contribution >= 0.6 is 0 Å². The van der Waals surface area contributed by atoms with Gasteiger partial charge in [0.2, 0.25) is 0 Å². The fraction of sp³-hybridized carbons (Fsp3) is 0.294. The molecule has 3 atom stereocenters. The van der Waals surface area contributed by atoms with Gasteiger partial charge in [-0.05, 0) is 30.0 Å². The molecule has 3 rings (SSSR count). The second-order valence-corrected chi connectivity index (χ2v) is 5.45. The molecule has 0 aromatic heterocycles. The lowest BCUT2D eigenvalue weighted by Crippen LogP contribution is -2.24. The fourth-order valence-corrected chi connectivity index (χ4v) is 2.96. The Morgan fingerprint density at radius 3 is 2.47 bits per heavy atom. The van der Waals surface area contributed by atoms with Crippen molar-refractivity contribution in [3.05, 3.63) is 70.8 Å². The Morgan fingerprint density at radius 1 is 1.11 bits per heavy atom. The van der Waals surface area contributed by atoms with Crippen LogP contribution in [0, 0.1) is 12.8 Å². The summed E-state index contributed by atoms with van der Waals surface area (Å²) in [6.45, 7) is 2.07. The van der Waals surface area contributed by atoms with E-state index in [4.69, 9.17) is 5.73 Å². The predicted octanol–water partition coefficient (Wildman–Crippen LogP) is 2.90. The lowest BCUT2D eigenvalue weighted by molar-refractivity contribution is 0.108. The molecule has 19 heavy (non-hydrogen) atoms. The third-order valence-electron chi connectivity index (χ3n) is 4.16. The number of aryl methyl sites for hydroxylation is 1. The molecule has 2 heteroatoms. The van der Waals surface area contributed by atoms with Crippen molar-refractivity contribution in [2.24, 2.45) is 11.7 Å². The molecule has 0 saturated heterocycles. The van der Waals surface area contributed by atoms with Crippen LogP contribution in [0.4, 0.5) is 0 Å². The minimum absolute atomic E-state index is 0.0695. The van der Waals surface area contributed by atoms with E-state index in [0.717, 1.165) is 17.5 Å². The van der Waals surface area contributed by atoms with Crippen molar-refractivity contribution in [2.45, 2.75) is 25.5 Å². The first-order chi connectivity index (χ1) is 9.16. The first-order valence-electron chi connectivity index (χ1n) is 6.75. The number of nitrogens with two attached hydrogens (primary N) is 1. The van der Waals surface area contributed by atoms with Crippen molar-refractivity contribution in [3.63, 3.8) is 0 Å². The zero-order valence-electron chi connectivity index (χ0n) is 11.1. The summed E-state index contributed by atoms with van der Waals surface area (Å²) in [7, 11) is 0. The molecule has 0 aliphatic heterocycles. The molecule has 98 valence electrons. The van der Waals surface area contributed by atoms with Gasteiger partial charge in [0.25, 0.3) is 0 Å². The second kappa shape index (κ2) is 4.80. The molecule has 2 nitrogen and oxygen atoms in total. The number of hydrogen-bond donors (Lipinski definition) is 2. The molecule has 0 bridgehead atoms. The highest BCUT2D eigenvalue weighted by Gasteiger charge is 2.35. The van der Waals surface area contributed by atoms with Crippen LogP contribution in [0.3, 0.4) is 0 Å². The van der Waals surface area contributed by atoms with Gasteiger partial charge in [-0.15, -0.1) is 0 Å². The topological polar surface area (TPSA) is 46.2 Å². The largest absolute Gasteiger partial charge is 0.388 e. The molecule has 2 aromatic carbocycles. The summed E-state index contributed by atoms with van der Waals surface area (Å²) in [4.78, 5) is 0. The molecule has 1 aliphatic rings. The lowest BCUT2D eigenvalue weighted by Gasteiger charge is -2.23. The quantitative estimate of drug-likeness (QED) is 0.864. The first-order valence-corrected chi connectivity index (χ1v) is 6.75. The van der Waals surface area contributed by atoms with Gasteiger partial charge in [-0.25, -0.2) is 0 Å². The van der Waals surface area contributed by atoms with Gasteiger partial charge >= 0.3 is 0 Å². The Balaban J connectivity index is 1.87. The number of rotatable bonds is 2. The number of hydrogen-bond acceptors (Lipinski definition) is 2. The van der Waals surface area contributed by atoms with E-state index in [0.29, 0.717) is 0 Å². The second-order valence-electron chi connectivity index (χ2n) is 5.45. The van der Waals surface area contributed by atoms with Crippen LogP contribution in [0.15, 0.2) is 48.5 Å². The van der Waals surface area contributed by atoms with Crippen LogP contribution in [-0.2, 0) is 6.42 Å². The average molecular weight is 253 g/mol. The molecule has 0 amide bonds. The van der Waals surface area contributed by atoms with Crippen LogP contribution in [0.25, 0.3) is 0 Å². The van der Waals surface area contributed by atoms with E-state index in [2.05, 4.69) is 37.3 Å². The Bertz CT molecular complexity index is 576. The van der Waals surface area contributed by atoms with Crippen LogP contribution in [0.5, 0.6) is 0 Å². The normalized spacial score (nSPS) is 23.1. The van der Waals surface area contributed by atoms with Gasteiger partial charge in [-0.2, -0.15) is 0 Å². The molecule has 3 unspecified atom stereocenters. The van der Waals surface area contributed by atoms with E-state index in [1.807, 2.05) is 18.2 Å². The van der Waals surface area contributed by atoms with E-state index in [1.165, 1.54) is 11.1 Å². The molecule has 2 aromatic rings. The van der Waals surface area contributed by atoms with Crippen molar-refractivity contribution in [3.8, 4) is 0 Å². The third kappa shape index (κ3) is 2.18. The molecular formula is C17H19NO. The average Bonchev–Trinajstić information content (AvgIpc) is 2.77. The van der Waals surface area contributed by atoms with E-state index in [-0.39, 0.29) is 12.0 Å². The highest BCUT2D eigenvalue weighted by Crippen LogP contribution is 2.41. The van der Waals surface area contributed by atoms with Gasteiger partial charge in [0.1, 0.15) is 0 Å². The summed E-state index contributed by atoms with van der Waals surface area (Å²) >= 11 is 0. The van der Waals surface area contributed by atoms with Gasteiger partial charge in [0.15, 0.2) is 0 Å². The molecule has 0 spiro atoms. The monoisotopic (exact) mass is 253 g/mol. The minimum Gasteiger partial charge on any atom is -0.388 e. The maximum absolute atomic E-state index is 10.4. The summed E-state index contributed by atoms with van der Waals surface area (Å²) in [5.74, 6) is 0.0695. The third-order valence-corrected chi connectivity index (χ3v) is 4.16. The maximum Gasteiger partial charge on any atom is 0.0842 e. The van der Waals surface area contributed by atoms with Crippen LogP contribution in [0.2, 0.25) is 0 Å². The molecule has 0 saturated carbocycles. The summed E-state index contributed by atoms with van der Waals surface area (Å²) in [6.07, 6.45) is 0.402. The number of aliphatic hydroxyl groups is 1. The highest BCUT2D eigenvalue weighted by molar-refractivity contribution is 5.36. The van der Waals surface area contributed by atoms with E-state index in [1.54, 1.807) is 0 Å². The maximum atomic E-state index is 10.4. The van der Waals surface area contributed by atoms with Crippen molar-refractivity contribution in [1.82, 2.24) is 0 Å². The van der Waals surface area contributed by atoms with Crippen molar-refractivity contribution >= 4 is 0 Å². The number of benzene rings is 2. The molecule has 0 fully saturated rings. The van der Waals surface area contributed by atoms with Gasteiger partial charge in [-0.3, -0.25) is 0 Å². The van der Waals surface area contributed by atoms with Gasteiger partial charge in [-0.1, -0.05) is 54.1 Å². The Labute approximate surface area is 113 Å². The predicted molar refractivity (Wildman–Crippen MR) is 76.7 cm³/mol. The summed E-state index contributed by atoms with van der Waals surface area (Å²) < 4.78 is 0. The van der Waals surface area contributed by atoms with Crippen LogP contribution in [0.1, 0.15) is 34.4 Å². The van der Waals surface area contributed by atoms with Crippen molar-refractivity contribution < 1.29 is 5.11 Å². The molecular weight excluding hydrogens is 234 g/mol. The van der Waals surface area contributed by atoms with Gasteiger partial charge in [0.05, 0.1) is 6.10 Å². The summed E-state index contributed by atoms with van der Waals surface area (Å²) in [6, 6.07) is 16.2.